The molecule has 1 unspecified atom stereocenters. The smallest absolute Gasteiger partial charge is 0.408 e. The summed E-state index contributed by atoms with van der Waals surface area (Å²) in [7, 11) is 1.92. The second-order valence-electron chi connectivity index (χ2n) is 8.12. The highest BCUT2D eigenvalue weighted by Crippen LogP contribution is 2.19. The minimum Gasteiger partial charge on any atom is -0.444 e. The number of hydrogen-bond donors (Lipinski definition) is 2. The highest BCUT2D eigenvalue weighted by atomic mass is 16.6. The molecule has 1 aromatic heterocycles. The van der Waals surface area contributed by atoms with Crippen molar-refractivity contribution in [2.45, 2.75) is 59.2 Å². The van der Waals surface area contributed by atoms with Crippen molar-refractivity contribution in [1.82, 2.24) is 20.2 Å². The van der Waals surface area contributed by atoms with Crippen LogP contribution in [0.15, 0.2) is 24.3 Å². The highest BCUT2D eigenvalue weighted by Gasteiger charge is 2.28. The Bertz CT molecular complexity index is 820. The third-order valence-corrected chi connectivity index (χ3v) is 4.19. The van der Waals surface area contributed by atoms with Crippen molar-refractivity contribution in [3.8, 4) is 0 Å². The predicted molar refractivity (Wildman–Crippen MR) is 105 cm³/mol. The van der Waals surface area contributed by atoms with Gasteiger partial charge in [-0.05, 0) is 45.7 Å². The molecule has 2 aromatic rings. The van der Waals surface area contributed by atoms with Crippen molar-refractivity contribution in [3.63, 3.8) is 0 Å². The lowest BCUT2D eigenvalue weighted by Crippen LogP contribution is -2.51. The number of fused-ring (bicyclic) bond motifs is 1. The molecule has 148 valence electrons. The lowest BCUT2D eigenvalue weighted by Gasteiger charge is -2.26. The number of carbonyl (C=O) groups excluding carboxylic acids is 2. The van der Waals surface area contributed by atoms with Crippen LogP contribution < -0.4 is 10.6 Å². The van der Waals surface area contributed by atoms with Gasteiger partial charge in [0.2, 0.25) is 5.91 Å². The molecule has 1 heterocycles. The quantitative estimate of drug-likeness (QED) is 0.841. The van der Waals surface area contributed by atoms with E-state index >= 15 is 0 Å². The second-order valence-corrected chi connectivity index (χ2v) is 8.12. The fourth-order valence-corrected chi connectivity index (χ4v) is 2.89. The Labute approximate surface area is 160 Å². The number of imidazole rings is 1. The number of alkyl carbamates (subject to hydrolysis) is 1. The van der Waals surface area contributed by atoms with Crippen LogP contribution in [0.25, 0.3) is 11.0 Å². The number of hydrogen-bond acceptors (Lipinski definition) is 4. The number of nitrogens with zero attached hydrogens (tertiary/aromatic N) is 2. The Kier molecular flexibility index (Phi) is 6.13. The van der Waals surface area contributed by atoms with Gasteiger partial charge in [-0.3, -0.25) is 4.79 Å². The van der Waals surface area contributed by atoms with Crippen molar-refractivity contribution in [3.05, 3.63) is 30.1 Å². The molecule has 0 fully saturated rings. The molecule has 7 heteroatoms. The van der Waals surface area contributed by atoms with Gasteiger partial charge in [0.15, 0.2) is 0 Å². The molecule has 27 heavy (non-hydrogen) atoms. The zero-order chi connectivity index (χ0) is 20.4. The van der Waals surface area contributed by atoms with Gasteiger partial charge in [-0.25, -0.2) is 9.78 Å². The number of ether oxygens (including phenoxy) is 1. The summed E-state index contributed by atoms with van der Waals surface area (Å²) in [6.07, 6.45) is -0.605. The molecule has 2 rings (SSSR count). The average Bonchev–Trinajstić information content (AvgIpc) is 2.88. The summed E-state index contributed by atoms with van der Waals surface area (Å²) in [6.45, 7) is 11.0. The Hall–Kier alpha value is -2.57. The summed E-state index contributed by atoms with van der Waals surface area (Å²) in [5.41, 5.74) is 1.26. The molecular formula is C20H30N4O3. The largest absolute Gasteiger partial charge is 0.444 e. The average molecular weight is 374 g/mol. The van der Waals surface area contributed by atoms with Gasteiger partial charge in [-0.2, -0.15) is 0 Å². The van der Waals surface area contributed by atoms with E-state index in [1.807, 2.05) is 56.7 Å². The first-order valence-corrected chi connectivity index (χ1v) is 9.21. The summed E-state index contributed by atoms with van der Waals surface area (Å²) >= 11 is 0. The minimum atomic E-state index is -0.697. The normalized spacial score (nSPS) is 14.1. The highest BCUT2D eigenvalue weighted by molar-refractivity contribution is 5.86. The maximum absolute atomic E-state index is 12.8. The van der Waals surface area contributed by atoms with Gasteiger partial charge in [-0.15, -0.1) is 0 Å². The zero-order valence-corrected chi connectivity index (χ0v) is 17.2. The molecule has 2 amide bonds. The van der Waals surface area contributed by atoms with Gasteiger partial charge in [0, 0.05) is 7.05 Å². The van der Waals surface area contributed by atoms with Crippen LogP contribution in [-0.2, 0) is 16.6 Å². The van der Waals surface area contributed by atoms with E-state index in [2.05, 4.69) is 15.6 Å². The van der Waals surface area contributed by atoms with Gasteiger partial charge in [0.25, 0.3) is 0 Å². The molecule has 0 aliphatic rings. The van der Waals surface area contributed by atoms with Crippen molar-refractivity contribution in [2.75, 3.05) is 0 Å². The molecule has 0 spiro atoms. The van der Waals surface area contributed by atoms with E-state index in [9.17, 15) is 9.59 Å². The van der Waals surface area contributed by atoms with Crippen LogP contribution in [0.4, 0.5) is 4.79 Å². The molecule has 0 saturated heterocycles. The number of rotatable bonds is 5. The number of carbonyl (C=O) groups is 2. The first-order valence-electron chi connectivity index (χ1n) is 9.21. The molecule has 0 bridgehead atoms. The van der Waals surface area contributed by atoms with Crippen LogP contribution in [0.1, 0.15) is 53.4 Å². The summed E-state index contributed by atoms with van der Waals surface area (Å²) in [5.74, 6) is 0.393. The third-order valence-electron chi connectivity index (χ3n) is 4.19. The van der Waals surface area contributed by atoms with Gasteiger partial charge >= 0.3 is 6.09 Å². The van der Waals surface area contributed by atoms with Crippen LogP contribution in [0.2, 0.25) is 0 Å². The SMILES string of the molecule is CC(NC(=O)[C@@H](NC(=O)OC(C)(C)C)C(C)C)c1nc2ccccc2n1C. The molecule has 0 aliphatic heterocycles. The Balaban J connectivity index is 2.11. The molecule has 2 N–H and O–H groups in total. The summed E-state index contributed by atoms with van der Waals surface area (Å²) < 4.78 is 7.23. The molecule has 1 aromatic carbocycles. The second kappa shape index (κ2) is 7.98. The number of benzene rings is 1. The van der Waals surface area contributed by atoms with Crippen LogP contribution in [0.5, 0.6) is 0 Å². The molecular weight excluding hydrogens is 344 g/mol. The van der Waals surface area contributed by atoms with E-state index in [-0.39, 0.29) is 17.9 Å². The third kappa shape index (κ3) is 5.21. The van der Waals surface area contributed by atoms with E-state index in [0.717, 1.165) is 16.9 Å². The lowest BCUT2D eigenvalue weighted by molar-refractivity contribution is -0.124. The van der Waals surface area contributed by atoms with E-state index in [1.165, 1.54) is 0 Å². The number of nitrogens with one attached hydrogen (secondary N) is 2. The first-order chi connectivity index (χ1) is 12.5. The Morgan fingerprint density at radius 2 is 1.74 bits per heavy atom. The number of aryl methyl sites for hydroxylation is 1. The standard InChI is InChI=1S/C20H30N4O3/c1-12(2)16(23-19(26)27-20(4,5)6)18(25)21-13(3)17-22-14-10-8-9-11-15(14)24(17)7/h8-13,16H,1-7H3,(H,21,25)(H,23,26)/t13?,16-/m0/s1. The summed E-state index contributed by atoms with van der Waals surface area (Å²) in [6, 6.07) is 6.81. The van der Waals surface area contributed by atoms with Gasteiger partial charge < -0.3 is 19.9 Å². The fourth-order valence-electron chi connectivity index (χ4n) is 2.89. The molecule has 0 aliphatic carbocycles. The lowest BCUT2D eigenvalue weighted by atomic mass is 10.0. The maximum Gasteiger partial charge on any atom is 0.408 e. The van der Waals surface area contributed by atoms with E-state index in [0.29, 0.717) is 0 Å². The Morgan fingerprint density at radius 3 is 2.30 bits per heavy atom. The zero-order valence-electron chi connectivity index (χ0n) is 17.2. The van der Waals surface area contributed by atoms with Gasteiger partial charge in [0.1, 0.15) is 17.5 Å². The van der Waals surface area contributed by atoms with Crippen molar-refractivity contribution in [2.24, 2.45) is 13.0 Å². The number of aromatic nitrogens is 2. The van der Waals surface area contributed by atoms with Crippen molar-refractivity contribution < 1.29 is 14.3 Å². The predicted octanol–water partition coefficient (Wildman–Crippen LogP) is 3.30. The maximum atomic E-state index is 12.8. The van der Waals surface area contributed by atoms with Crippen LogP contribution in [-0.4, -0.2) is 33.2 Å². The molecule has 7 nitrogen and oxygen atoms in total. The van der Waals surface area contributed by atoms with Gasteiger partial charge in [-0.1, -0.05) is 26.0 Å². The van der Waals surface area contributed by atoms with Crippen molar-refractivity contribution in [1.29, 1.82) is 0 Å². The molecule has 0 radical (unpaired) electrons. The van der Waals surface area contributed by atoms with Gasteiger partial charge in [0.05, 0.1) is 17.1 Å². The van der Waals surface area contributed by atoms with Crippen molar-refractivity contribution >= 4 is 23.0 Å². The number of para-hydroxylation sites is 2. The van der Waals surface area contributed by atoms with Crippen LogP contribution in [0, 0.1) is 5.92 Å². The van der Waals surface area contributed by atoms with E-state index in [4.69, 9.17) is 4.74 Å². The Morgan fingerprint density at radius 1 is 1.11 bits per heavy atom. The molecule has 2 atom stereocenters. The van der Waals surface area contributed by atoms with Crippen LogP contribution in [0.3, 0.4) is 0 Å². The molecule has 0 saturated carbocycles. The van der Waals surface area contributed by atoms with E-state index < -0.39 is 17.7 Å². The first kappa shape index (κ1) is 20.7. The summed E-state index contributed by atoms with van der Waals surface area (Å²) in [5, 5.41) is 5.63. The van der Waals surface area contributed by atoms with E-state index in [1.54, 1.807) is 20.8 Å². The minimum absolute atomic E-state index is 0.0924. The number of amides is 2. The monoisotopic (exact) mass is 374 g/mol. The summed E-state index contributed by atoms with van der Waals surface area (Å²) in [4.78, 5) is 29.5. The van der Waals surface area contributed by atoms with Crippen LogP contribution >= 0.6 is 0 Å². The fraction of sp³-hybridized carbons (Fsp3) is 0.550. The topological polar surface area (TPSA) is 85.2 Å².